The van der Waals surface area contributed by atoms with E-state index < -0.39 is 0 Å². The van der Waals surface area contributed by atoms with Crippen LogP contribution in [0.3, 0.4) is 0 Å². The summed E-state index contributed by atoms with van der Waals surface area (Å²) in [6, 6.07) is 11.9. The van der Waals surface area contributed by atoms with Gasteiger partial charge in [0.05, 0.1) is 0 Å². The number of hydrogen-bond acceptors (Lipinski definition) is 1. The SMILES string of the molecule is CC(Nc1ccc(F)cc1I)c1ccc2c(c1)CCCC2. The summed E-state index contributed by atoms with van der Waals surface area (Å²) in [5, 5.41) is 3.49. The van der Waals surface area contributed by atoms with Gasteiger partial charge in [-0.1, -0.05) is 18.2 Å². The maximum Gasteiger partial charge on any atom is 0.124 e. The van der Waals surface area contributed by atoms with Crippen LogP contribution in [0.5, 0.6) is 0 Å². The van der Waals surface area contributed by atoms with Crippen molar-refractivity contribution in [2.45, 2.75) is 38.6 Å². The highest BCUT2D eigenvalue weighted by Gasteiger charge is 2.13. The summed E-state index contributed by atoms with van der Waals surface area (Å²) >= 11 is 2.17. The van der Waals surface area contributed by atoms with Crippen LogP contribution >= 0.6 is 22.6 Å². The molecule has 2 aromatic rings. The Kier molecular flexibility index (Phi) is 4.48. The van der Waals surface area contributed by atoms with E-state index in [2.05, 4.69) is 53.0 Å². The smallest absolute Gasteiger partial charge is 0.124 e. The first-order valence-electron chi connectivity index (χ1n) is 7.47. The molecule has 0 heterocycles. The van der Waals surface area contributed by atoms with Gasteiger partial charge in [0, 0.05) is 15.3 Å². The molecule has 1 unspecified atom stereocenters. The van der Waals surface area contributed by atoms with Crippen LogP contribution in [0.25, 0.3) is 0 Å². The number of nitrogens with one attached hydrogen (secondary N) is 1. The minimum atomic E-state index is -0.189. The largest absolute Gasteiger partial charge is 0.378 e. The molecule has 1 aliphatic rings. The van der Waals surface area contributed by atoms with Crippen molar-refractivity contribution in [1.29, 1.82) is 0 Å². The summed E-state index contributed by atoms with van der Waals surface area (Å²) in [4.78, 5) is 0. The highest BCUT2D eigenvalue weighted by atomic mass is 127. The molecular formula is C18H19FIN. The average molecular weight is 395 g/mol. The van der Waals surface area contributed by atoms with Crippen molar-refractivity contribution >= 4 is 28.3 Å². The molecule has 0 radical (unpaired) electrons. The van der Waals surface area contributed by atoms with E-state index in [0.717, 1.165) is 9.26 Å². The average Bonchev–Trinajstić information content (AvgIpc) is 2.49. The molecule has 0 fully saturated rings. The van der Waals surface area contributed by atoms with Crippen LogP contribution in [0.2, 0.25) is 0 Å². The van der Waals surface area contributed by atoms with Gasteiger partial charge in [-0.2, -0.15) is 0 Å². The number of benzene rings is 2. The highest BCUT2D eigenvalue weighted by Crippen LogP contribution is 2.28. The van der Waals surface area contributed by atoms with Crippen molar-refractivity contribution < 1.29 is 4.39 Å². The molecule has 21 heavy (non-hydrogen) atoms. The summed E-state index contributed by atoms with van der Waals surface area (Å²) in [7, 11) is 0. The van der Waals surface area contributed by atoms with E-state index in [1.807, 2.05) is 6.07 Å². The molecule has 1 aliphatic carbocycles. The molecule has 0 aromatic heterocycles. The van der Waals surface area contributed by atoms with Gasteiger partial charge in [0.2, 0.25) is 0 Å². The second kappa shape index (κ2) is 6.34. The third-order valence-electron chi connectivity index (χ3n) is 4.18. The molecule has 0 saturated carbocycles. The van der Waals surface area contributed by atoms with Gasteiger partial charge in [0.15, 0.2) is 0 Å². The Morgan fingerprint density at radius 1 is 1.05 bits per heavy atom. The lowest BCUT2D eigenvalue weighted by atomic mass is 9.89. The Morgan fingerprint density at radius 3 is 2.57 bits per heavy atom. The molecule has 3 heteroatoms. The Bertz CT molecular complexity index is 654. The molecule has 0 amide bonds. The predicted octanol–water partition coefficient (Wildman–Crippen LogP) is 5.48. The Balaban J connectivity index is 1.80. The maximum absolute atomic E-state index is 13.2. The molecule has 0 spiro atoms. The first-order valence-corrected chi connectivity index (χ1v) is 8.54. The van der Waals surface area contributed by atoms with Crippen molar-refractivity contribution in [2.24, 2.45) is 0 Å². The summed E-state index contributed by atoms with van der Waals surface area (Å²) in [5.41, 5.74) is 5.30. The van der Waals surface area contributed by atoms with Gasteiger partial charge in [0.25, 0.3) is 0 Å². The molecule has 0 saturated heterocycles. The quantitative estimate of drug-likeness (QED) is 0.679. The van der Waals surface area contributed by atoms with E-state index in [4.69, 9.17) is 0 Å². The fraction of sp³-hybridized carbons (Fsp3) is 0.333. The van der Waals surface area contributed by atoms with Gasteiger partial charge in [-0.05, 0) is 90.1 Å². The van der Waals surface area contributed by atoms with Crippen LogP contribution in [-0.2, 0) is 12.8 Å². The minimum Gasteiger partial charge on any atom is -0.378 e. The number of aryl methyl sites for hydroxylation is 2. The zero-order valence-electron chi connectivity index (χ0n) is 12.1. The molecule has 0 bridgehead atoms. The van der Waals surface area contributed by atoms with Gasteiger partial charge in [-0.3, -0.25) is 0 Å². The van der Waals surface area contributed by atoms with Crippen molar-refractivity contribution in [2.75, 3.05) is 5.32 Å². The van der Waals surface area contributed by atoms with E-state index in [9.17, 15) is 4.39 Å². The molecule has 3 rings (SSSR count). The van der Waals surface area contributed by atoms with E-state index in [0.29, 0.717) is 0 Å². The lowest BCUT2D eigenvalue weighted by molar-refractivity contribution is 0.627. The molecule has 110 valence electrons. The molecule has 1 N–H and O–H groups in total. The van der Waals surface area contributed by atoms with E-state index in [-0.39, 0.29) is 11.9 Å². The minimum absolute atomic E-state index is 0.189. The van der Waals surface area contributed by atoms with Crippen LogP contribution in [0, 0.1) is 9.39 Å². The lowest BCUT2D eigenvalue weighted by Gasteiger charge is -2.21. The van der Waals surface area contributed by atoms with Gasteiger partial charge in [-0.15, -0.1) is 0 Å². The Morgan fingerprint density at radius 2 is 1.81 bits per heavy atom. The Labute approximate surface area is 139 Å². The van der Waals surface area contributed by atoms with Gasteiger partial charge < -0.3 is 5.32 Å². The summed E-state index contributed by atoms with van der Waals surface area (Å²) in [6.45, 7) is 2.16. The first kappa shape index (κ1) is 14.8. The van der Waals surface area contributed by atoms with E-state index in [1.165, 1.54) is 48.4 Å². The van der Waals surface area contributed by atoms with Gasteiger partial charge in [0.1, 0.15) is 5.82 Å². The highest BCUT2D eigenvalue weighted by molar-refractivity contribution is 14.1. The number of anilines is 1. The first-order chi connectivity index (χ1) is 10.1. The second-order valence-corrected chi connectivity index (χ2v) is 6.89. The van der Waals surface area contributed by atoms with E-state index >= 15 is 0 Å². The molecule has 1 nitrogen and oxygen atoms in total. The van der Waals surface area contributed by atoms with Crippen LogP contribution < -0.4 is 5.32 Å². The van der Waals surface area contributed by atoms with Crippen molar-refractivity contribution in [3.8, 4) is 0 Å². The third-order valence-corrected chi connectivity index (χ3v) is 5.07. The standard InChI is InChI=1S/C18H19FIN/c1-12(21-18-9-8-16(19)11-17(18)20)14-7-6-13-4-2-3-5-15(13)10-14/h6-12,21H,2-5H2,1H3. The molecule has 1 atom stereocenters. The van der Waals surface area contributed by atoms with Crippen LogP contribution in [0.4, 0.5) is 10.1 Å². The molecular weight excluding hydrogens is 376 g/mol. The topological polar surface area (TPSA) is 12.0 Å². The molecule has 0 aliphatic heterocycles. The number of halogens is 2. The van der Waals surface area contributed by atoms with Gasteiger partial charge >= 0.3 is 0 Å². The normalized spacial score (nSPS) is 15.4. The fourth-order valence-corrected chi connectivity index (χ4v) is 3.58. The number of rotatable bonds is 3. The fourth-order valence-electron chi connectivity index (χ4n) is 2.95. The summed E-state index contributed by atoms with van der Waals surface area (Å²) < 4.78 is 14.1. The van der Waals surface area contributed by atoms with Crippen LogP contribution in [0.15, 0.2) is 36.4 Å². The predicted molar refractivity (Wildman–Crippen MR) is 94.2 cm³/mol. The third kappa shape index (κ3) is 3.39. The summed E-state index contributed by atoms with van der Waals surface area (Å²) in [5.74, 6) is -0.189. The second-order valence-electron chi connectivity index (χ2n) is 5.73. The monoisotopic (exact) mass is 395 g/mol. The maximum atomic E-state index is 13.2. The lowest BCUT2D eigenvalue weighted by Crippen LogP contribution is -2.10. The Hall–Kier alpha value is -1.10. The molecule has 2 aromatic carbocycles. The van der Waals surface area contributed by atoms with E-state index in [1.54, 1.807) is 6.07 Å². The number of fused-ring (bicyclic) bond motifs is 1. The zero-order chi connectivity index (χ0) is 14.8. The van der Waals surface area contributed by atoms with Crippen molar-refractivity contribution in [3.63, 3.8) is 0 Å². The van der Waals surface area contributed by atoms with Crippen LogP contribution in [0.1, 0.15) is 42.5 Å². The van der Waals surface area contributed by atoms with Crippen LogP contribution in [-0.4, -0.2) is 0 Å². The zero-order valence-corrected chi connectivity index (χ0v) is 14.3. The van der Waals surface area contributed by atoms with Gasteiger partial charge in [-0.25, -0.2) is 4.39 Å². The number of hydrogen-bond donors (Lipinski definition) is 1. The van der Waals surface area contributed by atoms with Crippen molar-refractivity contribution in [1.82, 2.24) is 0 Å². The summed E-state index contributed by atoms with van der Waals surface area (Å²) in [6.07, 6.45) is 5.03. The van der Waals surface area contributed by atoms with Crippen molar-refractivity contribution in [3.05, 3.63) is 62.5 Å².